The van der Waals surface area contributed by atoms with Gasteiger partial charge < -0.3 is 10.6 Å². The van der Waals surface area contributed by atoms with Crippen LogP contribution in [0.1, 0.15) is 25.5 Å². The second kappa shape index (κ2) is 6.66. The van der Waals surface area contributed by atoms with E-state index in [2.05, 4.69) is 0 Å². The molecule has 3 nitrogen and oxygen atoms in total. The summed E-state index contributed by atoms with van der Waals surface area (Å²) in [6.45, 7) is 3.31. The smallest absolute Gasteiger partial charge is 0.239 e. The molecule has 0 radical (unpaired) electrons. The van der Waals surface area contributed by atoms with Crippen molar-refractivity contribution < 1.29 is 13.6 Å². The summed E-state index contributed by atoms with van der Waals surface area (Å²) in [6.07, 6.45) is 0. The zero-order valence-corrected chi connectivity index (χ0v) is 11.3. The normalized spacial score (nSPS) is 13.4. The minimum absolute atomic E-state index is 0. The quantitative estimate of drug-likeness (QED) is 0.922. The van der Waals surface area contributed by atoms with Crippen LogP contribution in [0.5, 0.6) is 0 Å². The molecule has 0 fully saturated rings. The molecule has 0 saturated carbocycles. The predicted octanol–water partition coefficient (Wildman–Crippen LogP) is 2.25. The van der Waals surface area contributed by atoms with Gasteiger partial charge in [0.15, 0.2) is 11.6 Å². The van der Waals surface area contributed by atoms with Gasteiger partial charge in [-0.05, 0) is 31.5 Å². The summed E-state index contributed by atoms with van der Waals surface area (Å²) < 4.78 is 25.8. The van der Waals surface area contributed by atoms with E-state index in [-0.39, 0.29) is 24.4 Å². The van der Waals surface area contributed by atoms with Gasteiger partial charge in [-0.3, -0.25) is 4.79 Å². The van der Waals surface area contributed by atoms with Crippen molar-refractivity contribution in [3.63, 3.8) is 0 Å². The number of halogens is 3. The highest BCUT2D eigenvalue weighted by molar-refractivity contribution is 5.85. The molecule has 102 valence electrons. The molecular weight excluding hydrogens is 262 g/mol. The third kappa shape index (κ3) is 3.65. The molecule has 6 heteroatoms. The number of hydrogen-bond donors (Lipinski definition) is 1. The molecule has 1 unspecified atom stereocenters. The summed E-state index contributed by atoms with van der Waals surface area (Å²) >= 11 is 0. The van der Waals surface area contributed by atoms with Crippen molar-refractivity contribution in [3.8, 4) is 0 Å². The third-order valence-electron chi connectivity index (χ3n) is 2.74. The lowest BCUT2D eigenvalue weighted by Gasteiger charge is -2.26. The Morgan fingerprint density at radius 2 is 1.83 bits per heavy atom. The van der Waals surface area contributed by atoms with E-state index in [4.69, 9.17) is 5.73 Å². The van der Waals surface area contributed by atoms with E-state index in [9.17, 15) is 13.6 Å². The van der Waals surface area contributed by atoms with E-state index < -0.39 is 17.7 Å². The minimum Gasteiger partial charge on any atom is -0.338 e. The van der Waals surface area contributed by atoms with Gasteiger partial charge in [0.1, 0.15) is 0 Å². The van der Waals surface area contributed by atoms with Crippen molar-refractivity contribution in [1.29, 1.82) is 0 Å². The first-order valence-electron chi connectivity index (χ1n) is 5.31. The van der Waals surface area contributed by atoms with Gasteiger partial charge in [0.25, 0.3) is 0 Å². The summed E-state index contributed by atoms with van der Waals surface area (Å²) in [5, 5.41) is 0. The Hall–Kier alpha value is -1.20. The number of rotatable bonds is 3. The van der Waals surface area contributed by atoms with Crippen LogP contribution in [-0.2, 0) is 4.79 Å². The summed E-state index contributed by atoms with van der Waals surface area (Å²) in [4.78, 5) is 13.1. The van der Waals surface area contributed by atoms with Crippen molar-refractivity contribution in [2.24, 2.45) is 5.73 Å². The van der Waals surface area contributed by atoms with Gasteiger partial charge in [-0.1, -0.05) is 6.07 Å². The lowest BCUT2D eigenvalue weighted by Crippen LogP contribution is -2.40. The monoisotopic (exact) mass is 278 g/mol. The molecule has 2 atom stereocenters. The van der Waals surface area contributed by atoms with E-state index in [1.165, 1.54) is 11.0 Å². The Kier molecular flexibility index (Phi) is 6.21. The lowest BCUT2D eigenvalue weighted by atomic mass is 10.1. The van der Waals surface area contributed by atoms with Crippen molar-refractivity contribution in [1.82, 2.24) is 4.90 Å². The maximum atomic E-state index is 13.1. The van der Waals surface area contributed by atoms with E-state index >= 15 is 0 Å². The predicted molar refractivity (Wildman–Crippen MR) is 68.4 cm³/mol. The number of nitrogens with two attached hydrogens (primary N) is 1. The number of carbonyl (C=O) groups excluding carboxylic acids is 1. The first-order valence-corrected chi connectivity index (χ1v) is 5.31. The molecule has 0 saturated heterocycles. The van der Waals surface area contributed by atoms with Crippen molar-refractivity contribution in [2.45, 2.75) is 25.9 Å². The Balaban J connectivity index is 0.00000289. The summed E-state index contributed by atoms with van der Waals surface area (Å²) in [6, 6.07) is 2.61. The zero-order valence-electron chi connectivity index (χ0n) is 10.5. The number of likely N-dealkylation sites (N-methyl/N-ethyl adjacent to an activating group) is 1. The number of nitrogens with zero attached hydrogens (tertiary/aromatic N) is 1. The topological polar surface area (TPSA) is 46.3 Å². The molecule has 1 rings (SSSR count). The van der Waals surface area contributed by atoms with Crippen molar-refractivity contribution in [3.05, 3.63) is 35.4 Å². The van der Waals surface area contributed by atoms with Crippen LogP contribution in [0.25, 0.3) is 0 Å². The van der Waals surface area contributed by atoms with Gasteiger partial charge in [0, 0.05) is 7.05 Å². The molecule has 18 heavy (non-hydrogen) atoms. The van der Waals surface area contributed by atoms with E-state index in [1.807, 2.05) is 0 Å². The van der Waals surface area contributed by atoms with Crippen LogP contribution in [0.2, 0.25) is 0 Å². The van der Waals surface area contributed by atoms with Crippen LogP contribution < -0.4 is 5.73 Å². The van der Waals surface area contributed by atoms with E-state index in [1.54, 1.807) is 20.9 Å². The Morgan fingerprint density at radius 1 is 1.28 bits per heavy atom. The van der Waals surface area contributed by atoms with Gasteiger partial charge >= 0.3 is 0 Å². The average molecular weight is 279 g/mol. The molecular formula is C12H17ClF2N2O. The highest BCUT2D eigenvalue weighted by Crippen LogP contribution is 2.21. The summed E-state index contributed by atoms with van der Waals surface area (Å²) in [5.74, 6) is -2.07. The highest BCUT2D eigenvalue weighted by atomic mass is 35.5. The fourth-order valence-corrected chi connectivity index (χ4v) is 1.51. The van der Waals surface area contributed by atoms with Gasteiger partial charge in [-0.2, -0.15) is 0 Å². The summed E-state index contributed by atoms with van der Waals surface area (Å²) in [7, 11) is 1.58. The SMILES string of the molecule is CC(c1ccc(F)c(F)c1)N(C)C(=O)[C@@H](C)N.Cl. The number of benzene rings is 1. The van der Waals surface area contributed by atoms with Crippen LogP contribution in [0.15, 0.2) is 18.2 Å². The molecule has 0 spiro atoms. The molecule has 0 bridgehead atoms. The van der Waals surface area contributed by atoms with Gasteiger partial charge in [-0.15, -0.1) is 12.4 Å². The maximum absolute atomic E-state index is 13.1. The standard InChI is InChI=1S/C12H16F2N2O.ClH/c1-7(15)12(17)16(3)8(2)9-4-5-10(13)11(14)6-9;/h4-8H,15H2,1-3H3;1H/t7-,8?;/m1./s1. The molecule has 0 aliphatic carbocycles. The molecule has 0 heterocycles. The van der Waals surface area contributed by atoms with Crippen LogP contribution in [0.3, 0.4) is 0 Å². The maximum Gasteiger partial charge on any atom is 0.239 e. The van der Waals surface area contributed by atoms with Crippen LogP contribution >= 0.6 is 12.4 Å². The average Bonchev–Trinajstić information content (AvgIpc) is 2.29. The van der Waals surface area contributed by atoms with Gasteiger partial charge in [0.05, 0.1) is 12.1 Å². The Bertz CT molecular complexity index is 427. The van der Waals surface area contributed by atoms with Gasteiger partial charge in [0.2, 0.25) is 5.91 Å². The van der Waals surface area contributed by atoms with E-state index in [0.29, 0.717) is 5.56 Å². The number of carbonyl (C=O) groups is 1. The number of amides is 1. The highest BCUT2D eigenvalue weighted by Gasteiger charge is 2.20. The summed E-state index contributed by atoms with van der Waals surface area (Å²) in [5.41, 5.74) is 6.01. The molecule has 1 aromatic carbocycles. The molecule has 1 amide bonds. The second-order valence-corrected chi connectivity index (χ2v) is 4.09. The molecule has 0 aliphatic heterocycles. The fraction of sp³-hybridized carbons (Fsp3) is 0.417. The minimum atomic E-state index is -0.920. The number of hydrogen-bond acceptors (Lipinski definition) is 2. The molecule has 0 aliphatic rings. The van der Waals surface area contributed by atoms with Gasteiger partial charge in [-0.25, -0.2) is 8.78 Å². The first-order chi connectivity index (χ1) is 7.84. The third-order valence-corrected chi connectivity index (χ3v) is 2.74. The molecule has 2 N–H and O–H groups in total. The Morgan fingerprint density at radius 3 is 2.28 bits per heavy atom. The first kappa shape index (κ1) is 16.8. The zero-order chi connectivity index (χ0) is 13.2. The van der Waals surface area contributed by atoms with Crippen molar-refractivity contribution >= 4 is 18.3 Å². The molecule has 1 aromatic rings. The molecule has 0 aromatic heterocycles. The Labute approximate surface area is 111 Å². The lowest BCUT2D eigenvalue weighted by molar-refractivity contribution is -0.132. The van der Waals surface area contributed by atoms with Crippen LogP contribution in [0, 0.1) is 11.6 Å². The van der Waals surface area contributed by atoms with Crippen LogP contribution in [0.4, 0.5) is 8.78 Å². The largest absolute Gasteiger partial charge is 0.338 e. The second-order valence-electron chi connectivity index (χ2n) is 4.09. The van der Waals surface area contributed by atoms with Crippen LogP contribution in [-0.4, -0.2) is 23.9 Å². The fourth-order valence-electron chi connectivity index (χ4n) is 1.51. The van der Waals surface area contributed by atoms with Crippen molar-refractivity contribution in [2.75, 3.05) is 7.05 Å². The van der Waals surface area contributed by atoms with E-state index in [0.717, 1.165) is 12.1 Å².